The topological polar surface area (TPSA) is 89.2 Å². The van der Waals surface area contributed by atoms with Gasteiger partial charge in [0.15, 0.2) is 18.1 Å². The van der Waals surface area contributed by atoms with Crippen molar-refractivity contribution in [2.24, 2.45) is 7.05 Å². The van der Waals surface area contributed by atoms with Crippen molar-refractivity contribution in [3.05, 3.63) is 35.5 Å². The van der Waals surface area contributed by atoms with Crippen LogP contribution in [0.4, 0.5) is 5.82 Å². The number of rotatable bonds is 5. The van der Waals surface area contributed by atoms with E-state index in [-0.39, 0.29) is 12.5 Å². The smallest absolute Gasteiger partial charge is 0.263 e. The summed E-state index contributed by atoms with van der Waals surface area (Å²) in [5.74, 6) is 1.09. The van der Waals surface area contributed by atoms with Crippen LogP contribution in [0.3, 0.4) is 0 Å². The number of aromatic nitrogens is 2. The Kier molecular flexibility index (Phi) is 4.63. The summed E-state index contributed by atoms with van der Waals surface area (Å²) >= 11 is 0. The van der Waals surface area contributed by atoms with E-state index in [1.807, 2.05) is 13.0 Å². The third-order valence-electron chi connectivity index (χ3n) is 2.92. The third kappa shape index (κ3) is 3.55. The van der Waals surface area contributed by atoms with Crippen LogP contribution in [0.1, 0.15) is 11.3 Å². The number of nitrogens with zero attached hydrogens (tertiary/aromatic N) is 3. The zero-order valence-electron chi connectivity index (χ0n) is 12.6. The molecule has 1 amide bonds. The van der Waals surface area contributed by atoms with E-state index in [9.17, 15) is 4.79 Å². The van der Waals surface area contributed by atoms with Gasteiger partial charge in [-0.05, 0) is 19.1 Å². The molecule has 0 fully saturated rings. The molecule has 7 heteroatoms. The number of nitrogens with one attached hydrogen (secondary N) is 1. The second-order valence-electron chi connectivity index (χ2n) is 4.61. The number of carbonyl (C=O) groups excluding carboxylic acids is 1. The Morgan fingerprint density at radius 1 is 1.41 bits per heavy atom. The second kappa shape index (κ2) is 6.63. The van der Waals surface area contributed by atoms with Crippen LogP contribution in [0.5, 0.6) is 11.5 Å². The number of aryl methyl sites for hydroxylation is 2. The van der Waals surface area contributed by atoms with E-state index < -0.39 is 0 Å². The molecule has 22 heavy (non-hydrogen) atoms. The number of hydrogen-bond donors (Lipinski definition) is 1. The molecule has 0 unspecified atom stereocenters. The first-order valence-electron chi connectivity index (χ1n) is 6.55. The monoisotopic (exact) mass is 300 g/mol. The van der Waals surface area contributed by atoms with Crippen molar-refractivity contribution in [1.82, 2.24) is 9.78 Å². The van der Waals surface area contributed by atoms with Crippen LogP contribution in [-0.4, -0.2) is 29.4 Å². The zero-order chi connectivity index (χ0) is 16.1. The van der Waals surface area contributed by atoms with E-state index in [1.165, 1.54) is 7.11 Å². The second-order valence-corrected chi connectivity index (χ2v) is 4.61. The van der Waals surface area contributed by atoms with Crippen molar-refractivity contribution < 1.29 is 14.3 Å². The van der Waals surface area contributed by atoms with E-state index >= 15 is 0 Å². The number of hydrogen-bond acceptors (Lipinski definition) is 5. The Labute approximate surface area is 128 Å². The molecule has 0 saturated carbocycles. The van der Waals surface area contributed by atoms with Crippen LogP contribution >= 0.6 is 0 Å². The van der Waals surface area contributed by atoms with Gasteiger partial charge in [0, 0.05) is 19.2 Å². The molecule has 0 aliphatic carbocycles. The van der Waals surface area contributed by atoms with Gasteiger partial charge in [0.05, 0.1) is 24.4 Å². The van der Waals surface area contributed by atoms with Crippen LogP contribution in [0.25, 0.3) is 0 Å². The van der Waals surface area contributed by atoms with Crippen molar-refractivity contribution in [1.29, 1.82) is 5.26 Å². The van der Waals surface area contributed by atoms with E-state index in [1.54, 1.807) is 36.0 Å². The Morgan fingerprint density at radius 2 is 2.18 bits per heavy atom. The highest BCUT2D eigenvalue weighted by atomic mass is 16.5. The van der Waals surface area contributed by atoms with Crippen LogP contribution in [0.15, 0.2) is 24.3 Å². The molecule has 1 aromatic heterocycles. The Balaban J connectivity index is 1.99. The summed E-state index contributed by atoms with van der Waals surface area (Å²) in [7, 11) is 3.22. The summed E-state index contributed by atoms with van der Waals surface area (Å²) in [5.41, 5.74) is 1.27. The third-order valence-corrected chi connectivity index (χ3v) is 2.92. The number of methoxy groups -OCH3 is 1. The zero-order valence-corrected chi connectivity index (χ0v) is 12.6. The van der Waals surface area contributed by atoms with Crippen molar-refractivity contribution in [2.75, 3.05) is 19.0 Å². The van der Waals surface area contributed by atoms with Gasteiger partial charge in [0.25, 0.3) is 5.91 Å². The quantitative estimate of drug-likeness (QED) is 0.906. The molecule has 0 aliphatic heterocycles. The maximum absolute atomic E-state index is 11.9. The lowest BCUT2D eigenvalue weighted by atomic mass is 10.2. The summed E-state index contributed by atoms with van der Waals surface area (Å²) in [6, 6.07) is 8.52. The lowest BCUT2D eigenvalue weighted by molar-refractivity contribution is -0.118. The summed E-state index contributed by atoms with van der Waals surface area (Å²) in [4.78, 5) is 11.9. The fraction of sp³-hybridized carbons (Fsp3) is 0.267. The minimum atomic E-state index is -0.311. The fourth-order valence-electron chi connectivity index (χ4n) is 1.91. The molecule has 0 bridgehead atoms. The van der Waals surface area contributed by atoms with Gasteiger partial charge in [-0.2, -0.15) is 10.4 Å². The molecule has 0 spiro atoms. The van der Waals surface area contributed by atoms with E-state index in [0.717, 1.165) is 5.69 Å². The van der Waals surface area contributed by atoms with Gasteiger partial charge in [0.1, 0.15) is 5.82 Å². The van der Waals surface area contributed by atoms with Crippen LogP contribution < -0.4 is 14.8 Å². The Bertz CT molecular complexity index is 731. The predicted octanol–water partition coefficient (Wildman–Crippen LogP) is 1.63. The largest absolute Gasteiger partial charge is 0.493 e. The first kappa shape index (κ1) is 15.4. The minimum absolute atomic E-state index is 0.174. The Morgan fingerprint density at radius 3 is 2.77 bits per heavy atom. The molecule has 0 atom stereocenters. The standard InChI is InChI=1S/C15H16N4O3/c1-10-6-14(19(2)18-10)17-15(20)9-22-12-5-4-11(8-16)7-13(12)21-3/h4-7H,9H2,1-3H3,(H,17,20). The number of carbonyl (C=O) groups is 1. The molecule has 0 radical (unpaired) electrons. The average Bonchev–Trinajstić information content (AvgIpc) is 2.82. The first-order chi connectivity index (χ1) is 10.5. The van der Waals surface area contributed by atoms with Crippen molar-refractivity contribution in [3.8, 4) is 17.6 Å². The summed E-state index contributed by atoms with van der Waals surface area (Å²) < 4.78 is 12.1. The molecular weight excluding hydrogens is 284 g/mol. The van der Waals surface area contributed by atoms with E-state index in [4.69, 9.17) is 14.7 Å². The Hall–Kier alpha value is -3.01. The molecular formula is C15H16N4O3. The maximum Gasteiger partial charge on any atom is 0.263 e. The molecule has 2 aromatic rings. The molecule has 0 saturated heterocycles. The lowest BCUT2D eigenvalue weighted by Gasteiger charge is -2.11. The normalized spacial score (nSPS) is 9.91. The number of amides is 1. The lowest BCUT2D eigenvalue weighted by Crippen LogP contribution is -2.21. The van der Waals surface area contributed by atoms with Gasteiger partial charge in [0.2, 0.25) is 0 Å². The molecule has 2 rings (SSSR count). The number of nitriles is 1. The van der Waals surface area contributed by atoms with Gasteiger partial charge in [-0.25, -0.2) is 0 Å². The highest BCUT2D eigenvalue weighted by molar-refractivity contribution is 5.91. The van der Waals surface area contributed by atoms with Crippen LogP contribution in [0, 0.1) is 18.3 Å². The van der Waals surface area contributed by atoms with Crippen molar-refractivity contribution >= 4 is 11.7 Å². The molecule has 114 valence electrons. The number of ether oxygens (including phenoxy) is 2. The molecule has 1 aromatic carbocycles. The molecule has 7 nitrogen and oxygen atoms in total. The highest BCUT2D eigenvalue weighted by Gasteiger charge is 2.10. The van der Waals surface area contributed by atoms with Crippen LogP contribution in [0.2, 0.25) is 0 Å². The number of benzene rings is 1. The minimum Gasteiger partial charge on any atom is -0.493 e. The van der Waals surface area contributed by atoms with Gasteiger partial charge in [-0.1, -0.05) is 0 Å². The maximum atomic E-state index is 11.9. The molecule has 0 aliphatic rings. The van der Waals surface area contributed by atoms with E-state index in [2.05, 4.69) is 10.4 Å². The van der Waals surface area contributed by atoms with Gasteiger partial charge >= 0.3 is 0 Å². The summed E-state index contributed by atoms with van der Waals surface area (Å²) in [6.07, 6.45) is 0. The van der Waals surface area contributed by atoms with Crippen LogP contribution in [-0.2, 0) is 11.8 Å². The fourth-order valence-corrected chi connectivity index (χ4v) is 1.91. The van der Waals surface area contributed by atoms with E-state index in [0.29, 0.717) is 22.9 Å². The predicted molar refractivity (Wildman–Crippen MR) is 79.8 cm³/mol. The summed E-state index contributed by atoms with van der Waals surface area (Å²) in [5, 5.41) is 15.7. The number of anilines is 1. The SMILES string of the molecule is COc1cc(C#N)ccc1OCC(=O)Nc1cc(C)nn1C. The first-order valence-corrected chi connectivity index (χ1v) is 6.55. The van der Waals surface area contributed by atoms with Gasteiger partial charge in [-0.3, -0.25) is 9.48 Å². The van der Waals surface area contributed by atoms with Crippen molar-refractivity contribution in [3.63, 3.8) is 0 Å². The summed E-state index contributed by atoms with van der Waals surface area (Å²) in [6.45, 7) is 1.67. The molecule has 1 N–H and O–H groups in total. The van der Waals surface area contributed by atoms with Gasteiger partial charge in [-0.15, -0.1) is 0 Å². The molecule has 1 heterocycles. The average molecular weight is 300 g/mol. The highest BCUT2D eigenvalue weighted by Crippen LogP contribution is 2.27. The van der Waals surface area contributed by atoms with Gasteiger partial charge < -0.3 is 14.8 Å². The van der Waals surface area contributed by atoms with Crippen molar-refractivity contribution in [2.45, 2.75) is 6.92 Å².